The summed E-state index contributed by atoms with van der Waals surface area (Å²) in [5.74, 6) is 0.318. The van der Waals surface area contributed by atoms with Crippen LogP contribution in [0.25, 0.3) is 5.65 Å². The van der Waals surface area contributed by atoms with Crippen LogP contribution in [0.2, 0.25) is 0 Å². The van der Waals surface area contributed by atoms with E-state index in [-0.39, 0.29) is 11.8 Å². The third-order valence-electron chi connectivity index (χ3n) is 6.11. The van der Waals surface area contributed by atoms with Gasteiger partial charge in [0.15, 0.2) is 0 Å². The van der Waals surface area contributed by atoms with Gasteiger partial charge in [0, 0.05) is 43.8 Å². The first kappa shape index (κ1) is 20.1. The Labute approximate surface area is 185 Å². The number of carbonyl (C=O) groups is 2. The summed E-state index contributed by atoms with van der Waals surface area (Å²) in [5, 5.41) is 2.97. The normalized spacial score (nSPS) is 14.6. The summed E-state index contributed by atoms with van der Waals surface area (Å²) in [4.78, 5) is 31.2. The van der Waals surface area contributed by atoms with Crippen molar-refractivity contribution < 1.29 is 14.0 Å². The molecule has 32 heavy (non-hydrogen) atoms. The number of nitrogens with one attached hydrogen (secondary N) is 1. The van der Waals surface area contributed by atoms with Crippen molar-refractivity contribution in [3.63, 3.8) is 0 Å². The molecular formula is C25H24N4O3. The minimum Gasteiger partial charge on any atom is -0.472 e. The first-order chi connectivity index (χ1) is 15.7. The average Bonchev–Trinajstić information content (AvgIpc) is 3.54. The van der Waals surface area contributed by atoms with Gasteiger partial charge in [0.1, 0.15) is 11.9 Å². The van der Waals surface area contributed by atoms with Crippen LogP contribution in [0.3, 0.4) is 0 Å². The van der Waals surface area contributed by atoms with E-state index in [2.05, 4.69) is 10.3 Å². The summed E-state index contributed by atoms with van der Waals surface area (Å²) in [6.07, 6.45) is 10.4. The zero-order valence-corrected chi connectivity index (χ0v) is 17.6. The van der Waals surface area contributed by atoms with Crippen molar-refractivity contribution in [3.8, 4) is 0 Å². The van der Waals surface area contributed by atoms with Gasteiger partial charge >= 0.3 is 0 Å². The lowest BCUT2D eigenvalue weighted by Crippen LogP contribution is -2.37. The van der Waals surface area contributed by atoms with Crippen LogP contribution in [0.15, 0.2) is 78.0 Å². The molecule has 1 fully saturated rings. The first-order valence-electron chi connectivity index (χ1n) is 10.8. The number of pyridine rings is 1. The molecule has 7 heteroatoms. The van der Waals surface area contributed by atoms with Crippen molar-refractivity contribution in [1.29, 1.82) is 0 Å². The maximum absolute atomic E-state index is 12.6. The highest BCUT2D eigenvalue weighted by atomic mass is 16.3. The predicted molar refractivity (Wildman–Crippen MR) is 119 cm³/mol. The molecule has 0 bridgehead atoms. The molecule has 5 rings (SSSR count). The van der Waals surface area contributed by atoms with Crippen molar-refractivity contribution in [3.05, 3.63) is 95.8 Å². The van der Waals surface area contributed by atoms with E-state index >= 15 is 0 Å². The molecule has 4 heterocycles. The Hall–Kier alpha value is -3.87. The van der Waals surface area contributed by atoms with Crippen molar-refractivity contribution in [2.45, 2.75) is 25.3 Å². The molecule has 1 aliphatic rings. The Kier molecular flexibility index (Phi) is 5.46. The number of nitrogens with zero attached hydrogens (tertiary/aromatic N) is 3. The SMILES string of the molecule is O=C(NCc1ccn2ccnc2c1)c1ccc(C2CCN(C(=O)c3ccoc3)CC2)cc1. The van der Waals surface area contributed by atoms with Gasteiger partial charge in [-0.3, -0.25) is 9.59 Å². The van der Waals surface area contributed by atoms with E-state index in [9.17, 15) is 9.59 Å². The third-order valence-corrected chi connectivity index (χ3v) is 6.11. The van der Waals surface area contributed by atoms with E-state index in [0.717, 1.165) is 37.1 Å². The first-order valence-corrected chi connectivity index (χ1v) is 10.8. The van der Waals surface area contributed by atoms with Gasteiger partial charge in [-0.15, -0.1) is 0 Å². The van der Waals surface area contributed by atoms with E-state index < -0.39 is 0 Å². The number of hydrogen-bond acceptors (Lipinski definition) is 4. The zero-order chi connectivity index (χ0) is 21.9. The van der Waals surface area contributed by atoms with Gasteiger partial charge in [-0.25, -0.2) is 4.98 Å². The molecule has 1 N–H and O–H groups in total. The summed E-state index contributed by atoms with van der Waals surface area (Å²) >= 11 is 0. The molecule has 3 aromatic heterocycles. The van der Waals surface area contributed by atoms with Gasteiger partial charge in [-0.1, -0.05) is 12.1 Å². The lowest BCUT2D eigenvalue weighted by atomic mass is 9.89. The second kappa shape index (κ2) is 8.70. The van der Waals surface area contributed by atoms with Gasteiger partial charge in [0.2, 0.25) is 0 Å². The number of fused-ring (bicyclic) bond motifs is 1. The highest BCUT2D eigenvalue weighted by Gasteiger charge is 2.25. The Balaban J connectivity index is 1.15. The standard InChI is InChI=1S/C25H24N4O3/c30-24(27-16-18-5-10-28-13-9-26-23(28)15-18)21-3-1-19(2-4-21)20-6-11-29(12-7-20)25(31)22-8-14-32-17-22/h1-5,8-10,13-15,17,20H,6-7,11-12,16H2,(H,27,30). The lowest BCUT2D eigenvalue weighted by molar-refractivity contribution is 0.0712. The van der Waals surface area contributed by atoms with E-state index in [1.165, 1.54) is 18.1 Å². The fraction of sp³-hybridized carbons (Fsp3) is 0.240. The van der Waals surface area contributed by atoms with Crippen LogP contribution >= 0.6 is 0 Å². The number of piperidine rings is 1. The summed E-state index contributed by atoms with van der Waals surface area (Å²) in [6.45, 7) is 1.89. The van der Waals surface area contributed by atoms with Gasteiger partial charge in [0.05, 0.1) is 11.8 Å². The topological polar surface area (TPSA) is 79.9 Å². The van der Waals surface area contributed by atoms with E-state index in [1.807, 2.05) is 58.1 Å². The summed E-state index contributed by atoms with van der Waals surface area (Å²) in [5.41, 5.74) is 4.32. The van der Waals surface area contributed by atoms with Crippen molar-refractivity contribution in [2.24, 2.45) is 0 Å². The summed E-state index contributed by atoms with van der Waals surface area (Å²) < 4.78 is 6.95. The Morgan fingerprint density at radius 2 is 1.84 bits per heavy atom. The molecule has 0 unspecified atom stereocenters. The number of imidazole rings is 1. The highest BCUT2D eigenvalue weighted by molar-refractivity contribution is 5.94. The average molecular weight is 428 g/mol. The van der Waals surface area contributed by atoms with Crippen LogP contribution in [0.4, 0.5) is 0 Å². The quantitative estimate of drug-likeness (QED) is 0.523. The number of hydrogen-bond donors (Lipinski definition) is 1. The van der Waals surface area contributed by atoms with Crippen molar-refractivity contribution in [2.75, 3.05) is 13.1 Å². The van der Waals surface area contributed by atoms with E-state index in [0.29, 0.717) is 23.6 Å². The molecule has 0 saturated carbocycles. The van der Waals surface area contributed by atoms with Gasteiger partial charge in [0.25, 0.3) is 11.8 Å². The van der Waals surface area contributed by atoms with Gasteiger partial charge < -0.3 is 19.0 Å². The number of furan rings is 1. The minimum absolute atomic E-state index is 0.0242. The monoisotopic (exact) mass is 428 g/mol. The molecule has 1 saturated heterocycles. The summed E-state index contributed by atoms with van der Waals surface area (Å²) in [6, 6.07) is 13.5. The van der Waals surface area contributed by atoms with Crippen LogP contribution in [0, 0.1) is 0 Å². The lowest BCUT2D eigenvalue weighted by Gasteiger charge is -2.32. The molecular weight excluding hydrogens is 404 g/mol. The molecule has 0 aliphatic carbocycles. The fourth-order valence-corrected chi connectivity index (χ4v) is 4.24. The van der Waals surface area contributed by atoms with E-state index in [4.69, 9.17) is 4.42 Å². The Morgan fingerprint density at radius 1 is 1.03 bits per heavy atom. The molecule has 7 nitrogen and oxygen atoms in total. The fourth-order valence-electron chi connectivity index (χ4n) is 4.24. The number of rotatable bonds is 5. The second-order valence-electron chi connectivity index (χ2n) is 8.11. The molecule has 0 spiro atoms. The Bertz CT molecular complexity index is 1220. The largest absolute Gasteiger partial charge is 0.472 e. The number of amides is 2. The number of benzene rings is 1. The Morgan fingerprint density at radius 3 is 2.59 bits per heavy atom. The summed E-state index contributed by atoms with van der Waals surface area (Å²) in [7, 11) is 0. The highest BCUT2D eigenvalue weighted by Crippen LogP contribution is 2.29. The maximum atomic E-state index is 12.6. The number of carbonyl (C=O) groups excluding carboxylic acids is 2. The molecule has 1 aromatic carbocycles. The van der Waals surface area contributed by atoms with Gasteiger partial charge in [-0.05, 0) is 60.2 Å². The van der Waals surface area contributed by atoms with Crippen molar-refractivity contribution >= 4 is 17.5 Å². The molecule has 0 atom stereocenters. The molecule has 2 amide bonds. The molecule has 0 radical (unpaired) electrons. The van der Waals surface area contributed by atoms with Crippen LogP contribution in [0.5, 0.6) is 0 Å². The van der Waals surface area contributed by atoms with Gasteiger partial charge in [-0.2, -0.15) is 0 Å². The third kappa shape index (κ3) is 4.14. The van der Waals surface area contributed by atoms with Crippen LogP contribution < -0.4 is 5.32 Å². The molecule has 162 valence electrons. The predicted octanol–water partition coefficient (Wildman–Crippen LogP) is 3.88. The van der Waals surface area contributed by atoms with Crippen molar-refractivity contribution in [1.82, 2.24) is 19.6 Å². The smallest absolute Gasteiger partial charge is 0.257 e. The molecule has 4 aromatic rings. The van der Waals surface area contributed by atoms with E-state index in [1.54, 1.807) is 12.3 Å². The minimum atomic E-state index is -0.0970. The van der Waals surface area contributed by atoms with Crippen LogP contribution in [-0.4, -0.2) is 39.2 Å². The second-order valence-corrected chi connectivity index (χ2v) is 8.11. The molecule has 1 aliphatic heterocycles. The zero-order valence-electron chi connectivity index (χ0n) is 17.6. The number of aromatic nitrogens is 2. The maximum Gasteiger partial charge on any atom is 0.257 e. The van der Waals surface area contributed by atoms with Crippen LogP contribution in [0.1, 0.15) is 50.6 Å². The number of likely N-dealkylation sites (tertiary alicyclic amines) is 1. The van der Waals surface area contributed by atoms with Crippen LogP contribution in [-0.2, 0) is 6.54 Å².